The number of alkyl halides is 6. The molecule has 2 unspecified atom stereocenters. The number of rotatable bonds is 2. The van der Waals surface area contributed by atoms with Crippen molar-refractivity contribution < 1.29 is 49.0 Å². The maximum atomic E-state index is 5.94. The van der Waals surface area contributed by atoms with Gasteiger partial charge in [0.15, 0.2) is 0 Å². The molecule has 0 aliphatic heterocycles. The van der Waals surface area contributed by atoms with E-state index < -0.39 is 7.59 Å². The molecule has 1 saturated carbocycles. The van der Waals surface area contributed by atoms with Crippen LogP contribution in [0, 0.1) is 33.5 Å². The Bertz CT molecular complexity index is 2120. The zero-order valence-electron chi connectivity index (χ0n) is 34.2. The largest absolute Gasteiger partial charge is 1.00 e. The van der Waals surface area contributed by atoms with Crippen LogP contribution in [0.5, 0.6) is 0 Å². The monoisotopic (exact) mass is 1010 g/mol. The fourth-order valence-corrected chi connectivity index (χ4v) is 11.2. The molecule has 58 heavy (non-hydrogen) atoms. The molecule has 0 aromatic heterocycles. The number of allylic oxidation sites excluding steroid dienone is 6. The van der Waals surface area contributed by atoms with Gasteiger partial charge in [-0.1, -0.05) is 113 Å². The second-order valence-electron chi connectivity index (χ2n) is 17.2. The molecule has 4 aliphatic rings. The van der Waals surface area contributed by atoms with E-state index in [0.29, 0.717) is 17.0 Å². The summed E-state index contributed by atoms with van der Waals surface area (Å²) >= 11 is 36.9. The van der Waals surface area contributed by atoms with E-state index in [1.807, 2.05) is 66.7 Å². The first-order chi connectivity index (χ1) is 26.1. The molecule has 308 valence electrons. The molecular weight excluding hydrogens is 963 g/mol. The van der Waals surface area contributed by atoms with Crippen LogP contribution in [-0.4, -0.2) is 3.21 Å². The van der Waals surface area contributed by atoms with Gasteiger partial charge in [0, 0.05) is 0 Å². The molecule has 0 amide bonds. The van der Waals surface area contributed by atoms with E-state index in [0.717, 1.165) is 20.8 Å². The molecule has 0 bridgehead atoms. The van der Waals surface area contributed by atoms with E-state index in [9.17, 15) is 0 Å². The summed E-state index contributed by atoms with van der Waals surface area (Å²) in [5.41, 5.74) is 13.5. The van der Waals surface area contributed by atoms with Gasteiger partial charge in [-0.05, 0) is 40.6 Å². The van der Waals surface area contributed by atoms with Crippen molar-refractivity contribution in [3.05, 3.63) is 171 Å². The molecule has 0 radical (unpaired) electrons. The first-order valence-electron chi connectivity index (χ1n) is 19.2. The summed E-state index contributed by atoms with van der Waals surface area (Å²) < 4.78 is -1.82. The Hall–Kier alpha value is -0.827. The normalized spacial score (nSPS) is 22.0. The number of fused-ring (bicyclic) bond motifs is 6. The number of benzene rings is 3. The van der Waals surface area contributed by atoms with E-state index in [1.54, 1.807) is 40.3 Å². The second-order valence-corrected chi connectivity index (χ2v) is 23.0. The van der Waals surface area contributed by atoms with Crippen LogP contribution < -0.4 is 24.8 Å². The minimum atomic E-state index is -1.45. The number of hydrogen-bond acceptors (Lipinski definition) is 0. The molecule has 0 N–H and O–H groups in total. The maximum absolute atomic E-state index is 5.94. The van der Waals surface area contributed by atoms with Gasteiger partial charge in [0.1, 0.15) is 0 Å². The molecule has 9 heteroatoms. The minimum Gasteiger partial charge on any atom is -1.00 e. The Labute approximate surface area is 404 Å². The van der Waals surface area contributed by atoms with E-state index in [1.165, 1.54) is 48.2 Å². The van der Waals surface area contributed by atoms with Crippen LogP contribution in [0.3, 0.4) is 0 Å². The van der Waals surface area contributed by atoms with Gasteiger partial charge in [0.2, 0.25) is 0 Å². The predicted octanol–water partition coefficient (Wildman–Crippen LogP) is 9.83. The van der Waals surface area contributed by atoms with E-state index in [-0.39, 0.29) is 46.5 Å². The van der Waals surface area contributed by atoms with E-state index in [4.69, 9.17) is 69.6 Å². The Balaban J connectivity index is 0.000000228. The molecule has 0 nitrogen and oxygen atoms in total. The fraction of sp³-hybridized carbons (Fsp3) is 0.367. The van der Waals surface area contributed by atoms with Gasteiger partial charge in [-0.25, -0.2) is 18.1 Å². The molecule has 0 saturated heterocycles. The van der Waals surface area contributed by atoms with Crippen molar-refractivity contribution in [1.82, 2.24) is 0 Å². The Morgan fingerprint density at radius 1 is 0.724 bits per heavy atom. The summed E-state index contributed by atoms with van der Waals surface area (Å²) in [6.07, 6.45) is 8.50. The molecule has 2 atom stereocenters. The third-order valence-electron chi connectivity index (χ3n) is 14.3. The molecule has 0 spiro atoms. The van der Waals surface area contributed by atoms with Crippen molar-refractivity contribution in [3.8, 4) is 0 Å². The fourth-order valence-electron chi connectivity index (χ4n) is 9.76. The smallest absolute Gasteiger partial charge is 0.172 e. The van der Waals surface area contributed by atoms with Crippen LogP contribution in [0.1, 0.15) is 102 Å². The first kappa shape index (κ1) is 49.8. The van der Waals surface area contributed by atoms with E-state index >= 15 is 0 Å². The summed E-state index contributed by atoms with van der Waals surface area (Å²) in [6, 6.07) is 34.1. The Morgan fingerprint density at radius 3 is 1.76 bits per heavy atom. The first-order valence-corrected chi connectivity index (χ1v) is 22.7. The van der Waals surface area contributed by atoms with Crippen LogP contribution in [0.4, 0.5) is 0 Å². The molecule has 8 rings (SSSR count). The molecule has 4 aromatic rings. The van der Waals surface area contributed by atoms with Gasteiger partial charge in [0.05, 0.1) is 0 Å². The average Bonchev–Trinajstić information content (AvgIpc) is 3.86. The van der Waals surface area contributed by atoms with Crippen molar-refractivity contribution in [2.75, 3.05) is 0 Å². The van der Waals surface area contributed by atoms with Crippen LogP contribution in [0.2, 0.25) is 0 Å². The van der Waals surface area contributed by atoms with Gasteiger partial charge in [0.25, 0.3) is 0 Å². The summed E-state index contributed by atoms with van der Waals surface area (Å²) in [5, 5.41) is 0. The second kappa shape index (κ2) is 18.5. The third kappa shape index (κ3) is 8.86. The van der Waals surface area contributed by atoms with Crippen molar-refractivity contribution in [3.63, 3.8) is 0 Å². The minimum absolute atomic E-state index is 0. The number of hydrogen-bond donors (Lipinski definition) is 0. The molecule has 1 fully saturated rings. The van der Waals surface area contributed by atoms with Crippen LogP contribution in [-0.2, 0) is 38.2 Å². The van der Waals surface area contributed by atoms with Gasteiger partial charge in [-0.15, -0.1) is 6.92 Å². The maximum Gasteiger partial charge on any atom is -0.172 e. The summed E-state index contributed by atoms with van der Waals surface area (Å²) in [4.78, 5) is 0. The summed E-state index contributed by atoms with van der Waals surface area (Å²) in [6.45, 7) is 20.3. The summed E-state index contributed by atoms with van der Waals surface area (Å²) in [7, 11) is 0. The Kier molecular flexibility index (Phi) is 15.9. The van der Waals surface area contributed by atoms with E-state index in [2.05, 4.69) is 91.8 Å². The molecule has 4 aromatic carbocycles. The van der Waals surface area contributed by atoms with Gasteiger partial charge < -0.3 is 24.8 Å². The number of halogens is 8. The predicted molar refractivity (Wildman–Crippen MR) is 241 cm³/mol. The van der Waals surface area contributed by atoms with Gasteiger partial charge >= 0.3 is 175 Å². The zero-order chi connectivity index (χ0) is 41.1. The quantitative estimate of drug-likeness (QED) is 0.139. The van der Waals surface area contributed by atoms with Crippen LogP contribution in [0.15, 0.2) is 132 Å². The standard InChI is InChI=1S/C29H37.C15H8Cl6.C5H5.2ClH.Zr/c1-18-25-22-17-19-13-9-10-14-20(19)24(22)21-15-11-12-16-23(21)29(25,8)28(6,7)27(4,5)26(18,2)3;16-14(17,18)12-5-1-3-10(8-12)7-11-4-2-6-13(9-11)15(19,20)21;1-2-4-5-3-1;;;/h9-11,13-15,23H,12,16-17H2,1-8H3;1-6,8-9H;1-5H;2*1H;/q-1;;-1;;;+2/p-2. The van der Waals surface area contributed by atoms with Crippen molar-refractivity contribution in [1.29, 1.82) is 0 Å². The van der Waals surface area contributed by atoms with Gasteiger partial charge in [-0.3, -0.25) is 0 Å². The average molecular weight is 1010 g/mol. The van der Waals surface area contributed by atoms with Crippen molar-refractivity contribution >= 4 is 78.4 Å². The third-order valence-corrected chi connectivity index (χ3v) is 17.0. The molecule has 4 aliphatic carbocycles. The summed E-state index contributed by atoms with van der Waals surface area (Å²) in [5.74, 6) is 2.24. The Morgan fingerprint density at radius 2 is 1.26 bits per heavy atom. The topological polar surface area (TPSA) is 0 Å². The van der Waals surface area contributed by atoms with Crippen LogP contribution >= 0.6 is 69.6 Å². The molecular formula is C49H50Cl8Zr-2. The van der Waals surface area contributed by atoms with Crippen molar-refractivity contribution in [2.45, 2.75) is 82.2 Å². The van der Waals surface area contributed by atoms with Gasteiger partial charge in [-0.2, -0.15) is 29.3 Å². The van der Waals surface area contributed by atoms with Crippen molar-refractivity contribution in [2.24, 2.45) is 27.6 Å². The molecule has 0 heterocycles. The van der Waals surface area contributed by atoms with Crippen LogP contribution in [0.25, 0.3) is 5.57 Å². The zero-order valence-corrected chi connectivity index (χ0v) is 42.7. The SMILES string of the molecule is C[C-]1C2=C3Cc4ccccc4C3=C3C=CCCC3C2(C)C(C)(C)C(C)(C)C1(C)C.ClC(Cl)(Cl)c1cccc([C](=[Zr+2])c2cccc(C(Cl)(Cl)Cl)c2)c1.[Cl-].[Cl-].c1cc[cH-]c1.